The maximum atomic E-state index is 11.7. The average Bonchev–Trinajstić information content (AvgIpc) is 2.73. The molecule has 17 heavy (non-hydrogen) atoms. The van der Waals surface area contributed by atoms with Crippen molar-refractivity contribution in [2.24, 2.45) is 5.92 Å². The van der Waals surface area contributed by atoms with E-state index in [1.54, 1.807) is 7.11 Å². The summed E-state index contributed by atoms with van der Waals surface area (Å²) >= 11 is 0. The number of ether oxygens (including phenoxy) is 1. The molecule has 1 aliphatic rings. The minimum Gasteiger partial charge on any atom is -0.383 e. The van der Waals surface area contributed by atoms with E-state index in [0.717, 1.165) is 51.8 Å². The van der Waals surface area contributed by atoms with Crippen molar-refractivity contribution in [1.82, 2.24) is 4.90 Å². The van der Waals surface area contributed by atoms with Gasteiger partial charge in [-0.25, -0.2) is 0 Å². The number of carbonyl (C=O) groups is 1. The third-order valence-corrected chi connectivity index (χ3v) is 3.93. The fourth-order valence-electron chi connectivity index (χ4n) is 2.80. The molecule has 0 aliphatic heterocycles. The summed E-state index contributed by atoms with van der Waals surface area (Å²) < 4.78 is 5.18. The summed E-state index contributed by atoms with van der Waals surface area (Å²) in [5, 5.41) is 0. The highest BCUT2D eigenvalue weighted by molar-refractivity contribution is 5.83. The van der Waals surface area contributed by atoms with Crippen LogP contribution in [0.3, 0.4) is 0 Å². The van der Waals surface area contributed by atoms with Gasteiger partial charge < -0.3 is 4.74 Å². The van der Waals surface area contributed by atoms with Crippen LogP contribution in [0.15, 0.2) is 0 Å². The Morgan fingerprint density at radius 3 is 2.59 bits per heavy atom. The van der Waals surface area contributed by atoms with Crippen LogP contribution >= 0.6 is 0 Å². The van der Waals surface area contributed by atoms with Gasteiger partial charge in [0.2, 0.25) is 0 Å². The molecular formula is C14H27NO2. The van der Waals surface area contributed by atoms with E-state index in [1.807, 2.05) is 0 Å². The standard InChI is InChI=1S/C14H27NO2/c1-4-13(5-2)15(9-10-17-3)11-12-7-6-8-14(12)16/h12-13H,4-11H2,1-3H3. The van der Waals surface area contributed by atoms with E-state index in [-0.39, 0.29) is 5.92 Å². The summed E-state index contributed by atoms with van der Waals surface area (Å²) in [5.41, 5.74) is 0. The molecule has 0 radical (unpaired) electrons. The van der Waals surface area contributed by atoms with Gasteiger partial charge in [0.15, 0.2) is 0 Å². The molecule has 1 fully saturated rings. The molecule has 0 heterocycles. The molecule has 1 aliphatic carbocycles. The zero-order chi connectivity index (χ0) is 12.7. The van der Waals surface area contributed by atoms with Gasteiger partial charge in [0.1, 0.15) is 5.78 Å². The van der Waals surface area contributed by atoms with Crippen LogP contribution in [0.4, 0.5) is 0 Å². The van der Waals surface area contributed by atoms with E-state index in [0.29, 0.717) is 11.8 Å². The van der Waals surface area contributed by atoms with Gasteiger partial charge in [-0.3, -0.25) is 9.69 Å². The third kappa shape index (κ3) is 4.40. The fraction of sp³-hybridized carbons (Fsp3) is 0.929. The van der Waals surface area contributed by atoms with Crippen molar-refractivity contribution in [2.75, 3.05) is 26.8 Å². The van der Waals surface area contributed by atoms with Crippen LogP contribution in [0, 0.1) is 5.92 Å². The normalized spacial score (nSPS) is 20.8. The minimum atomic E-state index is 0.285. The number of nitrogens with zero attached hydrogens (tertiary/aromatic N) is 1. The molecule has 3 heteroatoms. The molecule has 0 bridgehead atoms. The molecular weight excluding hydrogens is 214 g/mol. The molecule has 0 amide bonds. The minimum absolute atomic E-state index is 0.285. The molecule has 0 aromatic heterocycles. The average molecular weight is 241 g/mol. The first kappa shape index (κ1) is 14.7. The van der Waals surface area contributed by atoms with E-state index in [9.17, 15) is 4.79 Å². The Morgan fingerprint density at radius 2 is 2.12 bits per heavy atom. The number of methoxy groups -OCH3 is 1. The lowest BCUT2D eigenvalue weighted by molar-refractivity contribution is -0.121. The second-order valence-electron chi connectivity index (χ2n) is 5.01. The smallest absolute Gasteiger partial charge is 0.137 e. The highest BCUT2D eigenvalue weighted by Gasteiger charge is 2.28. The van der Waals surface area contributed by atoms with Crippen molar-refractivity contribution in [3.63, 3.8) is 0 Å². The quantitative estimate of drug-likeness (QED) is 0.654. The lowest BCUT2D eigenvalue weighted by atomic mass is 10.0. The molecule has 0 saturated heterocycles. The summed E-state index contributed by atoms with van der Waals surface area (Å²) in [6, 6.07) is 0.596. The largest absolute Gasteiger partial charge is 0.383 e. The summed E-state index contributed by atoms with van der Waals surface area (Å²) in [6.07, 6.45) is 5.28. The van der Waals surface area contributed by atoms with Gasteiger partial charge in [-0.05, 0) is 25.7 Å². The van der Waals surface area contributed by atoms with Gasteiger partial charge in [-0.1, -0.05) is 13.8 Å². The van der Waals surface area contributed by atoms with Crippen LogP contribution in [0.25, 0.3) is 0 Å². The van der Waals surface area contributed by atoms with E-state index in [2.05, 4.69) is 18.7 Å². The first-order valence-electron chi connectivity index (χ1n) is 6.98. The second-order valence-corrected chi connectivity index (χ2v) is 5.01. The predicted molar refractivity (Wildman–Crippen MR) is 70.2 cm³/mol. The molecule has 0 spiro atoms. The van der Waals surface area contributed by atoms with Crippen molar-refractivity contribution < 1.29 is 9.53 Å². The SMILES string of the molecule is CCC(CC)N(CCOC)CC1CCCC1=O. The van der Waals surface area contributed by atoms with E-state index in [1.165, 1.54) is 0 Å². The highest BCUT2D eigenvalue weighted by Crippen LogP contribution is 2.23. The lowest BCUT2D eigenvalue weighted by Crippen LogP contribution is -2.41. The Labute approximate surface area is 106 Å². The van der Waals surface area contributed by atoms with Gasteiger partial charge in [0.25, 0.3) is 0 Å². The number of rotatable bonds is 8. The Bertz CT molecular complexity index is 226. The van der Waals surface area contributed by atoms with Gasteiger partial charge in [-0.15, -0.1) is 0 Å². The molecule has 3 nitrogen and oxygen atoms in total. The molecule has 1 atom stereocenters. The van der Waals surface area contributed by atoms with Crippen LogP contribution in [0.2, 0.25) is 0 Å². The zero-order valence-electron chi connectivity index (χ0n) is 11.6. The zero-order valence-corrected chi connectivity index (χ0v) is 11.6. The molecule has 1 saturated carbocycles. The van der Waals surface area contributed by atoms with Crippen molar-refractivity contribution in [2.45, 2.75) is 52.0 Å². The monoisotopic (exact) mass is 241 g/mol. The molecule has 1 rings (SSSR count). The molecule has 1 unspecified atom stereocenters. The number of hydrogen-bond donors (Lipinski definition) is 0. The Kier molecular flexibility index (Phi) is 6.75. The summed E-state index contributed by atoms with van der Waals surface area (Å²) in [4.78, 5) is 14.2. The Morgan fingerprint density at radius 1 is 1.41 bits per heavy atom. The molecule has 0 aromatic rings. The fourth-order valence-corrected chi connectivity index (χ4v) is 2.80. The molecule has 100 valence electrons. The Balaban J connectivity index is 2.52. The maximum absolute atomic E-state index is 11.7. The summed E-state index contributed by atoms with van der Waals surface area (Å²) in [7, 11) is 1.74. The van der Waals surface area contributed by atoms with E-state index >= 15 is 0 Å². The van der Waals surface area contributed by atoms with E-state index in [4.69, 9.17) is 4.74 Å². The van der Waals surface area contributed by atoms with Gasteiger partial charge >= 0.3 is 0 Å². The van der Waals surface area contributed by atoms with Crippen molar-refractivity contribution in [3.05, 3.63) is 0 Å². The Hall–Kier alpha value is -0.410. The third-order valence-electron chi connectivity index (χ3n) is 3.93. The van der Waals surface area contributed by atoms with Crippen molar-refractivity contribution in [3.8, 4) is 0 Å². The van der Waals surface area contributed by atoms with Crippen molar-refractivity contribution in [1.29, 1.82) is 0 Å². The van der Waals surface area contributed by atoms with Gasteiger partial charge in [0.05, 0.1) is 6.61 Å². The topological polar surface area (TPSA) is 29.5 Å². The summed E-state index contributed by atoms with van der Waals surface area (Å²) in [6.45, 7) is 7.10. The highest BCUT2D eigenvalue weighted by atomic mass is 16.5. The van der Waals surface area contributed by atoms with E-state index < -0.39 is 0 Å². The van der Waals surface area contributed by atoms with Crippen molar-refractivity contribution >= 4 is 5.78 Å². The second kappa shape index (κ2) is 7.83. The number of Topliss-reactive ketones (excluding diaryl/α,β-unsaturated/α-hetero) is 1. The van der Waals surface area contributed by atoms with Crippen LogP contribution in [0.5, 0.6) is 0 Å². The lowest BCUT2D eigenvalue weighted by Gasteiger charge is -2.32. The maximum Gasteiger partial charge on any atom is 0.137 e. The number of ketones is 1. The van der Waals surface area contributed by atoms with Crippen LogP contribution in [0.1, 0.15) is 46.0 Å². The first-order valence-corrected chi connectivity index (χ1v) is 6.98. The molecule has 0 aromatic carbocycles. The first-order chi connectivity index (χ1) is 8.22. The van der Waals surface area contributed by atoms with Crippen LogP contribution in [-0.4, -0.2) is 43.5 Å². The van der Waals surface area contributed by atoms with Crippen LogP contribution in [-0.2, 0) is 9.53 Å². The van der Waals surface area contributed by atoms with Crippen LogP contribution < -0.4 is 0 Å². The number of carbonyl (C=O) groups excluding carboxylic acids is 1. The number of hydrogen-bond acceptors (Lipinski definition) is 3. The summed E-state index contributed by atoms with van der Waals surface area (Å²) in [5.74, 6) is 0.755. The van der Waals surface area contributed by atoms with Gasteiger partial charge in [-0.2, -0.15) is 0 Å². The van der Waals surface area contributed by atoms with Gasteiger partial charge in [0, 0.05) is 38.6 Å². The predicted octanol–water partition coefficient (Wildman–Crippen LogP) is 2.49. The molecule has 0 N–H and O–H groups in total.